The van der Waals surface area contributed by atoms with Crippen LogP contribution in [0.25, 0.3) is 0 Å². The highest BCUT2D eigenvalue weighted by atomic mass is 32.2. The first-order chi connectivity index (χ1) is 14.8. The van der Waals surface area contributed by atoms with Crippen molar-refractivity contribution in [2.45, 2.75) is 54.2 Å². The van der Waals surface area contributed by atoms with Gasteiger partial charge in [-0.15, -0.1) is 0 Å². The Labute approximate surface area is 179 Å². The molecule has 1 aromatic heterocycles. The summed E-state index contributed by atoms with van der Waals surface area (Å²) < 4.78 is 104. The lowest BCUT2D eigenvalue weighted by atomic mass is 9.94. The quantitative estimate of drug-likeness (QED) is 0.648. The molecule has 0 bridgehead atoms. The van der Waals surface area contributed by atoms with E-state index in [4.69, 9.17) is 0 Å². The van der Waals surface area contributed by atoms with E-state index >= 15 is 0 Å². The summed E-state index contributed by atoms with van der Waals surface area (Å²) in [6, 6.07) is 3.60. The normalized spacial score (nSPS) is 20.1. The molecule has 0 atom stereocenters. The van der Waals surface area contributed by atoms with E-state index in [0.29, 0.717) is 12.1 Å². The Morgan fingerprint density at radius 1 is 0.969 bits per heavy atom. The van der Waals surface area contributed by atoms with Crippen LogP contribution < -0.4 is 5.32 Å². The largest absolute Gasteiger partial charge is 0.417 e. The van der Waals surface area contributed by atoms with Crippen molar-refractivity contribution in [3.63, 3.8) is 0 Å². The monoisotopic (exact) mass is 480 g/mol. The first-order valence-electron chi connectivity index (χ1n) is 9.53. The maximum Gasteiger partial charge on any atom is 0.417 e. The molecule has 0 unspecified atom stereocenters. The van der Waals surface area contributed by atoms with Crippen LogP contribution in [0.2, 0.25) is 0 Å². The number of hydrogen-bond donors (Lipinski definition) is 1. The zero-order chi connectivity index (χ0) is 23.7. The average Bonchev–Trinajstić information content (AvgIpc) is 2.73. The number of amides is 1. The molecule has 2 aromatic rings. The number of sulfone groups is 1. The Balaban J connectivity index is 1.68. The molecule has 1 fully saturated rings. The van der Waals surface area contributed by atoms with Crippen molar-refractivity contribution in [2.75, 3.05) is 0 Å². The molecule has 1 saturated carbocycles. The summed E-state index contributed by atoms with van der Waals surface area (Å²) >= 11 is 0. The standard InChI is InChI=1S/C20H18F6N2O3S/c21-19(22,23)12-2-1-3-15(10-12)32(30,31)14-6-4-13(5-7-14)28-18(29)16-11-27-9-8-17(16)20(24,25)26/h1-3,8-11,13-14H,4-7H2,(H,28,29)/t13-,14+. The van der Waals surface area contributed by atoms with Gasteiger partial charge in [0.2, 0.25) is 0 Å². The molecule has 0 saturated heterocycles. The predicted molar refractivity (Wildman–Crippen MR) is 101 cm³/mol. The van der Waals surface area contributed by atoms with E-state index in [2.05, 4.69) is 10.3 Å². The van der Waals surface area contributed by atoms with Crippen molar-refractivity contribution in [2.24, 2.45) is 0 Å². The summed E-state index contributed by atoms with van der Waals surface area (Å²) in [6.45, 7) is 0. The fourth-order valence-corrected chi connectivity index (χ4v) is 5.48. The van der Waals surface area contributed by atoms with E-state index in [1.807, 2.05) is 0 Å². The third-order valence-electron chi connectivity index (χ3n) is 5.31. The van der Waals surface area contributed by atoms with Gasteiger partial charge in [-0.3, -0.25) is 9.78 Å². The minimum absolute atomic E-state index is 0.0443. The number of aromatic nitrogens is 1. The summed E-state index contributed by atoms with van der Waals surface area (Å²) in [5.74, 6) is -0.977. The second kappa shape index (κ2) is 8.72. The Bertz CT molecular complexity index is 1090. The highest BCUT2D eigenvalue weighted by Gasteiger charge is 2.38. The molecule has 1 heterocycles. The van der Waals surface area contributed by atoms with Crippen molar-refractivity contribution in [1.82, 2.24) is 10.3 Å². The Morgan fingerprint density at radius 2 is 1.62 bits per heavy atom. The molecule has 5 nitrogen and oxygen atoms in total. The van der Waals surface area contributed by atoms with Crippen LogP contribution in [0.1, 0.15) is 47.2 Å². The molecule has 0 radical (unpaired) electrons. The maximum absolute atomic E-state index is 13.1. The second-order valence-electron chi connectivity index (χ2n) is 7.44. The number of pyridine rings is 1. The van der Waals surface area contributed by atoms with Crippen molar-refractivity contribution in [3.8, 4) is 0 Å². The van der Waals surface area contributed by atoms with Crippen LogP contribution in [0.15, 0.2) is 47.6 Å². The zero-order valence-corrected chi connectivity index (χ0v) is 17.2. The van der Waals surface area contributed by atoms with Gasteiger partial charge >= 0.3 is 12.4 Å². The highest BCUT2D eigenvalue weighted by Crippen LogP contribution is 2.34. The summed E-state index contributed by atoms with van der Waals surface area (Å²) in [4.78, 5) is 15.5. The number of halogens is 6. The lowest BCUT2D eigenvalue weighted by Gasteiger charge is -2.29. The molecule has 1 aromatic carbocycles. The smallest absolute Gasteiger partial charge is 0.349 e. The minimum atomic E-state index is -4.74. The Kier molecular flexibility index (Phi) is 6.55. The van der Waals surface area contributed by atoms with E-state index < -0.39 is 61.0 Å². The van der Waals surface area contributed by atoms with Crippen molar-refractivity contribution in [3.05, 3.63) is 59.4 Å². The SMILES string of the molecule is O=C(N[C@H]1CC[C@@H](S(=O)(=O)c2cccc(C(F)(F)F)c2)CC1)c1cnccc1C(F)(F)F. The van der Waals surface area contributed by atoms with Crippen molar-refractivity contribution < 1.29 is 39.6 Å². The highest BCUT2D eigenvalue weighted by molar-refractivity contribution is 7.92. The van der Waals surface area contributed by atoms with Gasteiger partial charge in [0.15, 0.2) is 9.84 Å². The average molecular weight is 480 g/mol. The van der Waals surface area contributed by atoms with Gasteiger partial charge in [-0.2, -0.15) is 26.3 Å². The van der Waals surface area contributed by atoms with Gasteiger partial charge in [-0.1, -0.05) is 6.07 Å². The van der Waals surface area contributed by atoms with Crippen LogP contribution in [0, 0.1) is 0 Å². The molecule has 0 spiro atoms. The molecule has 0 aliphatic heterocycles. The number of carbonyl (C=O) groups is 1. The zero-order valence-electron chi connectivity index (χ0n) is 16.4. The molecule has 3 rings (SSSR count). The summed E-state index contributed by atoms with van der Waals surface area (Å²) in [5, 5.41) is 1.51. The maximum atomic E-state index is 13.1. The number of carbonyl (C=O) groups excluding carboxylic acids is 1. The second-order valence-corrected chi connectivity index (χ2v) is 9.66. The third kappa shape index (κ3) is 5.22. The van der Waals surface area contributed by atoms with E-state index in [9.17, 15) is 39.6 Å². The molecule has 174 valence electrons. The third-order valence-corrected chi connectivity index (χ3v) is 7.57. The Morgan fingerprint density at radius 3 is 2.22 bits per heavy atom. The summed E-state index contributed by atoms with van der Waals surface area (Å²) in [5.41, 5.74) is -2.85. The van der Waals surface area contributed by atoms with E-state index in [1.165, 1.54) is 0 Å². The number of rotatable bonds is 4. The fourth-order valence-electron chi connectivity index (χ4n) is 3.65. The van der Waals surface area contributed by atoms with Gasteiger partial charge in [0, 0.05) is 18.4 Å². The first kappa shape index (κ1) is 24.0. The number of benzene rings is 1. The fraction of sp³-hybridized carbons (Fsp3) is 0.400. The van der Waals surface area contributed by atoms with Crippen LogP contribution in [0.3, 0.4) is 0 Å². The van der Waals surface area contributed by atoms with Gasteiger partial charge < -0.3 is 5.32 Å². The molecule has 1 N–H and O–H groups in total. The van der Waals surface area contributed by atoms with Crippen molar-refractivity contribution in [1.29, 1.82) is 0 Å². The van der Waals surface area contributed by atoms with Crippen molar-refractivity contribution >= 4 is 15.7 Å². The Hall–Kier alpha value is -2.63. The molecule has 1 aliphatic rings. The summed E-state index contributed by atoms with van der Waals surface area (Å²) in [6.07, 6.45) is -7.31. The van der Waals surface area contributed by atoms with Crippen LogP contribution in [-0.4, -0.2) is 30.6 Å². The number of alkyl halides is 6. The molecule has 1 aliphatic carbocycles. The van der Waals surface area contributed by atoms with Gasteiger partial charge in [0.25, 0.3) is 5.91 Å². The molecule has 32 heavy (non-hydrogen) atoms. The lowest BCUT2D eigenvalue weighted by molar-refractivity contribution is -0.138. The van der Waals surface area contributed by atoms with E-state index in [0.717, 1.165) is 30.6 Å². The van der Waals surface area contributed by atoms with E-state index in [-0.39, 0.29) is 25.7 Å². The molecule has 1 amide bonds. The van der Waals surface area contributed by atoms with Crippen LogP contribution in [0.5, 0.6) is 0 Å². The first-order valence-corrected chi connectivity index (χ1v) is 11.1. The van der Waals surface area contributed by atoms with Gasteiger partial charge in [-0.25, -0.2) is 8.42 Å². The van der Waals surface area contributed by atoms with Gasteiger partial charge in [0.05, 0.1) is 26.8 Å². The van der Waals surface area contributed by atoms with E-state index in [1.54, 1.807) is 0 Å². The predicted octanol–water partition coefficient (Wildman–Crippen LogP) is 4.63. The van der Waals surface area contributed by atoms with Gasteiger partial charge in [0.1, 0.15) is 0 Å². The number of nitrogens with one attached hydrogen (secondary N) is 1. The molecule has 12 heteroatoms. The molecular formula is C20H18F6N2O3S. The lowest BCUT2D eigenvalue weighted by Crippen LogP contribution is -2.40. The van der Waals surface area contributed by atoms with Crippen LogP contribution >= 0.6 is 0 Å². The van der Waals surface area contributed by atoms with Crippen LogP contribution in [0.4, 0.5) is 26.3 Å². The molecular weight excluding hydrogens is 462 g/mol. The summed E-state index contributed by atoms with van der Waals surface area (Å²) in [7, 11) is -4.05. The van der Waals surface area contributed by atoms with Gasteiger partial charge in [-0.05, 0) is 49.9 Å². The topological polar surface area (TPSA) is 76.1 Å². The van der Waals surface area contributed by atoms with Crippen LogP contribution in [-0.2, 0) is 22.2 Å². The number of hydrogen-bond acceptors (Lipinski definition) is 4. The minimum Gasteiger partial charge on any atom is -0.349 e. The number of nitrogens with zero attached hydrogens (tertiary/aromatic N) is 1.